The number of rotatable bonds is 9. The summed E-state index contributed by atoms with van der Waals surface area (Å²) in [6.07, 6.45) is 5.40. The van der Waals surface area contributed by atoms with E-state index in [0.717, 1.165) is 32.0 Å². The summed E-state index contributed by atoms with van der Waals surface area (Å²) in [6, 6.07) is 0. The Morgan fingerprint density at radius 2 is 1.89 bits per heavy atom. The van der Waals surface area contributed by atoms with E-state index in [4.69, 9.17) is 0 Å². The number of carbonyl (C=O) groups excluding carboxylic acids is 2. The maximum Gasteiger partial charge on any atom is 0.132 e. The van der Waals surface area contributed by atoms with Gasteiger partial charge in [0, 0.05) is 25.2 Å². The van der Waals surface area contributed by atoms with Crippen LogP contribution in [-0.4, -0.2) is 34.5 Å². The molecule has 1 aliphatic carbocycles. The summed E-state index contributed by atoms with van der Waals surface area (Å²) < 4.78 is 0. The van der Waals surface area contributed by atoms with E-state index in [-0.39, 0.29) is 18.1 Å². The lowest BCUT2D eigenvalue weighted by Gasteiger charge is -2.18. The van der Waals surface area contributed by atoms with Crippen molar-refractivity contribution in [2.45, 2.75) is 70.5 Å². The van der Waals surface area contributed by atoms with Crippen LogP contribution < -0.4 is 0 Å². The van der Waals surface area contributed by atoms with Gasteiger partial charge >= 0.3 is 0 Å². The second-order valence-corrected chi connectivity index (χ2v) is 5.64. The van der Waals surface area contributed by atoms with E-state index in [1.807, 2.05) is 0 Å². The zero-order chi connectivity index (χ0) is 14.3. The number of aliphatic hydroxyl groups is 2. The Kier molecular flexibility index (Phi) is 7.24. The fraction of sp³-hybridized carbons (Fsp3) is 0.867. The standard InChI is InChI=1S/C15H26O4/c1-2-3-4-5-6-11(17)7-8-12-13(10-16)15(19)9-14(12)18/h10,12-15,18-19H,2-9H2,1H3. The second kappa shape index (κ2) is 8.43. The minimum atomic E-state index is -0.753. The van der Waals surface area contributed by atoms with Crippen LogP contribution in [0.5, 0.6) is 0 Å². The molecule has 0 bridgehead atoms. The lowest BCUT2D eigenvalue weighted by molar-refractivity contribution is -0.120. The van der Waals surface area contributed by atoms with Gasteiger partial charge in [0.1, 0.15) is 12.1 Å². The Balaban J connectivity index is 2.27. The van der Waals surface area contributed by atoms with Gasteiger partial charge in [-0.2, -0.15) is 0 Å². The van der Waals surface area contributed by atoms with Crippen molar-refractivity contribution in [2.75, 3.05) is 0 Å². The number of hydrogen-bond acceptors (Lipinski definition) is 4. The van der Waals surface area contributed by atoms with Gasteiger partial charge < -0.3 is 15.0 Å². The van der Waals surface area contributed by atoms with Crippen molar-refractivity contribution in [3.05, 3.63) is 0 Å². The number of aliphatic hydroxyl groups excluding tert-OH is 2. The number of ketones is 1. The SMILES string of the molecule is CCCCCCC(=O)CCC1C(O)CC(O)C1C=O. The number of carbonyl (C=O) groups is 2. The molecule has 110 valence electrons. The van der Waals surface area contributed by atoms with E-state index in [1.54, 1.807) is 0 Å². The van der Waals surface area contributed by atoms with Gasteiger partial charge in [-0.3, -0.25) is 4.79 Å². The van der Waals surface area contributed by atoms with Crippen LogP contribution in [0, 0.1) is 11.8 Å². The molecule has 0 amide bonds. The molecule has 1 rings (SSSR count). The van der Waals surface area contributed by atoms with Gasteiger partial charge in [-0.05, 0) is 18.8 Å². The topological polar surface area (TPSA) is 74.6 Å². The molecule has 4 heteroatoms. The van der Waals surface area contributed by atoms with E-state index in [9.17, 15) is 19.8 Å². The van der Waals surface area contributed by atoms with E-state index in [2.05, 4.69) is 6.92 Å². The summed E-state index contributed by atoms with van der Waals surface area (Å²) >= 11 is 0. The third-order valence-corrected chi connectivity index (χ3v) is 4.14. The first-order valence-electron chi connectivity index (χ1n) is 7.43. The maximum absolute atomic E-state index is 11.7. The molecule has 1 fully saturated rings. The first-order valence-corrected chi connectivity index (χ1v) is 7.43. The van der Waals surface area contributed by atoms with Gasteiger partial charge in [0.25, 0.3) is 0 Å². The second-order valence-electron chi connectivity index (χ2n) is 5.64. The maximum atomic E-state index is 11.7. The molecule has 0 aromatic carbocycles. The van der Waals surface area contributed by atoms with Crippen molar-refractivity contribution in [2.24, 2.45) is 11.8 Å². The lowest BCUT2D eigenvalue weighted by Crippen LogP contribution is -2.24. The molecule has 19 heavy (non-hydrogen) atoms. The Morgan fingerprint density at radius 3 is 2.53 bits per heavy atom. The fourth-order valence-electron chi connectivity index (χ4n) is 2.90. The van der Waals surface area contributed by atoms with Crippen molar-refractivity contribution in [3.63, 3.8) is 0 Å². The molecule has 4 nitrogen and oxygen atoms in total. The molecule has 0 spiro atoms. The fourth-order valence-corrected chi connectivity index (χ4v) is 2.90. The molecular weight excluding hydrogens is 244 g/mol. The molecule has 0 aliphatic heterocycles. The summed E-state index contributed by atoms with van der Waals surface area (Å²) in [5, 5.41) is 19.4. The Morgan fingerprint density at radius 1 is 1.16 bits per heavy atom. The van der Waals surface area contributed by atoms with Crippen LogP contribution in [0.1, 0.15) is 58.3 Å². The average molecular weight is 270 g/mol. The number of Topliss-reactive ketones (excluding diaryl/α,β-unsaturated/α-hetero) is 1. The minimum absolute atomic E-state index is 0.203. The molecule has 0 radical (unpaired) electrons. The van der Waals surface area contributed by atoms with E-state index < -0.39 is 18.1 Å². The normalized spacial score (nSPS) is 30.5. The minimum Gasteiger partial charge on any atom is -0.393 e. The quantitative estimate of drug-likeness (QED) is 0.495. The van der Waals surface area contributed by atoms with Crippen LogP contribution in [0.3, 0.4) is 0 Å². The van der Waals surface area contributed by atoms with Crippen LogP contribution in [0.2, 0.25) is 0 Å². The summed E-state index contributed by atoms with van der Waals surface area (Å²) in [5.74, 6) is -0.565. The van der Waals surface area contributed by atoms with Gasteiger partial charge in [0.2, 0.25) is 0 Å². The molecule has 1 saturated carbocycles. The molecule has 4 atom stereocenters. The summed E-state index contributed by atoms with van der Waals surface area (Å²) in [7, 11) is 0. The molecular formula is C15H26O4. The van der Waals surface area contributed by atoms with Gasteiger partial charge in [-0.1, -0.05) is 26.2 Å². The lowest BCUT2D eigenvalue weighted by atomic mass is 9.89. The average Bonchev–Trinajstić information content (AvgIpc) is 2.66. The summed E-state index contributed by atoms with van der Waals surface area (Å²) in [5.41, 5.74) is 0. The van der Waals surface area contributed by atoms with Crippen LogP contribution in [0.25, 0.3) is 0 Å². The Hall–Kier alpha value is -0.740. The molecule has 2 N–H and O–H groups in total. The number of aldehydes is 1. The monoisotopic (exact) mass is 270 g/mol. The van der Waals surface area contributed by atoms with Gasteiger partial charge in [0.15, 0.2) is 0 Å². The summed E-state index contributed by atoms with van der Waals surface area (Å²) in [4.78, 5) is 22.6. The van der Waals surface area contributed by atoms with Crippen molar-refractivity contribution in [3.8, 4) is 0 Å². The molecule has 0 aromatic rings. The third-order valence-electron chi connectivity index (χ3n) is 4.14. The van der Waals surface area contributed by atoms with Crippen molar-refractivity contribution >= 4 is 12.1 Å². The highest BCUT2D eigenvalue weighted by Gasteiger charge is 2.41. The van der Waals surface area contributed by atoms with Gasteiger partial charge in [0.05, 0.1) is 12.2 Å². The van der Waals surface area contributed by atoms with Crippen molar-refractivity contribution < 1.29 is 19.8 Å². The third kappa shape index (κ3) is 5.03. The highest BCUT2D eigenvalue weighted by Crippen LogP contribution is 2.34. The summed E-state index contributed by atoms with van der Waals surface area (Å²) in [6.45, 7) is 2.13. The van der Waals surface area contributed by atoms with E-state index in [1.165, 1.54) is 0 Å². The smallest absolute Gasteiger partial charge is 0.132 e. The number of unbranched alkanes of at least 4 members (excludes halogenated alkanes) is 3. The molecule has 0 heterocycles. The van der Waals surface area contributed by atoms with Crippen molar-refractivity contribution in [1.29, 1.82) is 0 Å². The predicted molar refractivity (Wildman–Crippen MR) is 72.7 cm³/mol. The highest BCUT2D eigenvalue weighted by atomic mass is 16.3. The Bertz CT molecular complexity index is 290. The van der Waals surface area contributed by atoms with Gasteiger partial charge in [-0.15, -0.1) is 0 Å². The van der Waals surface area contributed by atoms with E-state index >= 15 is 0 Å². The first kappa shape index (κ1) is 16.3. The highest BCUT2D eigenvalue weighted by molar-refractivity contribution is 5.78. The van der Waals surface area contributed by atoms with Crippen LogP contribution in [0.15, 0.2) is 0 Å². The van der Waals surface area contributed by atoms with E-state index in [0.29, 0.717) is 19.3 Å². The van der Waals surface area contributed by atoms with Crippen LogP contribution in [0.4, 0.5) is 0 Å². The zero-order valence-electron chi connectivity index (χ0n) is 11.8. The largest absolute Gasteiger partial charge is 0.393 e. The molecule has 0 saturated heterocycles. The molecule has 4 unspecified atom stereocenters. The number of hydrogen-bond donors (Lipinski definition) is 2. The predicted octanol–water partition coefficient (Wildman–Crippen LogP) is 1.86. The van der Waals surface area contributed by atoms with Gasteiger partial charge in [-0.25, -0.2) is 0 Å². The van der Waals surface area contributed by atoms with Crippen molar-refractivity contribution in [1.82, 2.24) is 0 Å². The first-order chi connectivity index (χ1) is 9.10. The zero-order valence-corrected chi connectivity index (χ0v) is 11.8. The Labute approximate surface area is 115 Å². The van der Waals surface area contributed by atoms with Crippen LogP contribution in [-0.2, 0) is 9.59 Å². The molecule has 1 aliphatic rings. The van der Waals surface area contributed by atoms with Crippen LogP contribution >= 0.6 is 0 Å². The molecule has 0 aromatic heterocycles.